The van der Waals surface area contributed by atoms with Crippen molar-refractivity contribution in [3.63, 3.8) is 0 Å². The lowest BCUT2D eigenvalue weighted by atomic mass is 10.2. The molecule has 6 heteroatoms. The molecule has 1 atom stereocenters. The van der Waals surface area contributed by atoms with E-state index in [2.05, 4.69) is 10.3 Å². The molecule has 1 aliphatic heterocycles. The van der Waals surface area contributed by atoms with Crippen LogP contribution >= 0.6 is 0 Å². The van der Waals surface area contributed by atoms with E-state index in [0.717, 1.165) is 23.7 Å². The van der Waals surface area contributed by atoms with Crippen molar-refractivity contribution in [2.75, 3.05) is 13.2 Å². The number of imidazole rings is 1. The number of hydrogen-bond acceptors (Lipinski definition) is 4. The van der Waals surface area contributed by atoms with E-state index in [9.17, 15) is 4.79 Å². The van der Waals surface area contributed by atoms with Gasteiger partial charge in [0.25, 0.3) is 0 Å². The molecule has 6 nitrogen and oxygen atoms in total. The van der Waals surface area contributed by atoms with Crippen LogP contribution in [-0.2, 0) is 17.8 Å². The molecular formula is C17H21N3O3. The number of carbonyl (C=O) groups is 1. The van der Waals surface area contributed by atoms with Crippen molar-refractivity contribution in [1.82, 2.24) is 14.9 Å². The molecule has 1 amide bonds. The van der Waals surface area contributed by atoms with Crippen molar-refractivity contribution in [2.24, 2.45) is 0 Å². The van der Waals surface area contributed by atoms with Gasteiger partial charge >= 0.3 is 0 Å². The fraction of sp³-hybridized carbons (Fsp3) is 0.412. The molecule has 1 aromatic heterocycles. The zero-order valence-corrected chi connectivity index (χ0v) is 13.2. The van der Waals surface area contributed by atoms with Crippen LogP contribution in [0.4, 0.5) is 0 Å². The Morgan fingerprint density at radius 2 is 2.22 bits per heavy atom. The molecule has 3 rings (SSSR count). The van der Waals surface area contributed by atoms with Crippen molar-refractivity contribution >= 4 is 5.91 Å². The SMILES string of the molecule is CCc1nccn1CC(=O)NCC[C@H]1COc2ccccc2O1. The van der Waals surface area contributed by atoms with Crippen molar-refractivity contribution in [3.05, 3.63) is 42.5 Å². The highest BCUT2D eigenvalue weighted by atomic mass is 16.6. The smallest absolute Gasteiger partial charge is 0.239 e. The summed E-state index contributed by atoms with van der Waals surface area (Å²) in [7, 11) is 0. The van der Waals surface area contributed by atoms with Gasteiger partial charge in [-0.05, 0) is 12.1 Å². The number of para-hydroxylation sites is 2. The Hall–Kier alpha value is -2.50. The highest BCUT2D eigenvalue weighted by Gasteiger charge is 2.20. The predicted molar refractivity (Wildman–Crippen MR) is 85.6 cm³/mol. The minimum atomic E-state index is -0.0374. The first kappa shape index (κ1) is 15.4. The first-order valence-corrected chi connectivity index (χ1v) is 7.91. The minimum Gasteiger partial charge on any atom is -0.486 e. The molecular weight excluding hydrogens is 294 g/mol. The molecule has 2 heterocycles. The lowest BCUT2D eigenvalue weighted by Gasteiger charge is -2.26. The normalized spacial score (nSPS) is 16.1. The van der Waals surface area contributed by atoms with Crippen LogP contribution in [0, 0.1) is 0 Å². The molecule has 1 N–H and O–H groups in total. The summed E-state index contributed by atoms with van der Waals surface area (Å²) in [4.78, 5) is 16.2. The number of nitrogens with one attached hydrogen (secondary N) is 1. The van der Waals surface area contributed by atoms with Crippen molar-refractivity contribution in [1.29, 1.82) is 0 Å². The summed E-state index contributed by atoms with van der Waals surface area (Å²) in [5.74, 6) is 2.44. The average Bonchev–Trinajstić information content (AvgIpc) is 3.02. The molecule has 0 radical (unpaired) electrons. The zero-order valence-electron chi connectivity index (χ0n) is 13.2. The van der Waals surface area contributed by atoms with Gasteiger partial charge in [0.1, 0.15) is 25.1 Å². The van der Waals surface area contributed by atoms with E-state index >= 15 is 0 Å². The van der Waals surface area contributed by atoms with E-state index in [1.165, 1.54) is 0 Å². The first-order valence-electron chi connectivity index (χ1n) is 7.91. The number of carbonyl (C=O) groups excluding carboxylic acids is 1. The van der Waals surface area contributed by atoms with E-state index in [-0.39, 0.29) is 12.0 Å². The zero-order chi connectivity index (χ0) is 16.1. The molecule has 0 saturated carbocycles. The van der Waals surface area contributed by atoms with E-state index in [4.69, 9.17) is 9.47 Å². The van der Waals surface area contributed by atoms with Crippen molar-refractivity contribution < 1.29 is 14.3 Å². The maximum Gasteiger partial charge on any atom is 0.239 e. The molecule has 1 aliphatic rings. The number of amides is 1. The molecule has 0 saturated heterocycles. The highest BCUT2D eigenvalue weighted by Crippen LogP contribution is 2.31. The van der Waals surface area contributed by atoms with Crippen LogP contribution in [0.3, 0.4) is 0 Å². The van der Waals surface area contributed by atoms with Gasteiger partial charge in [0, 0.05) is 31.8 Å². The first-order chi connectivity index (χ1) is 11.3. The van der Waals surface area contributed by atoms with Crippen LogP contribution in [0.1, 0.15) is 19.2 Å². The maximum atomic E-state index is 12.0. The molecule has 0 unspecified atom stereocenters. The van der Waals surface area contributed by atoms with E-state index in [0.29, 0.717) is 26.1 Å². The van der Waals surface area contributed by atoms with Gasteiger partial charge in [0.05, 0.1) is 0 Å². The highest BCUT2D eigenvalue weighted by molar-refractivity contribution is 5.75. The van der Waals surface area contributed by atoms with Gasteiger partial charge in [-0.15, -0.1) is 0 Å². The van der Waals surface area contributed by atoms with Gasteiger partial charge < -0.3 is 19.4 Å². The van der Waals surface area contributed by atoms with E-state index in [1.54, 1.807) is 6.20 Å². The largest absolute Gasteiger partial charge is 0.486 e. The second-order valence-electron chi connectivity index (χ2n) is 5.46. The van der Waals surface area contributed by atoms with Crippen LogP contribution in [-0.4, -0.2) is 34.7 Å². The Kier molecular flexibility index (Phi) is 4.80. The second kappa shape index (κ2) is 7.17. The molecule has 0 spiro atoms. The summed E-state index contributed by atoms with van der Waals surface area (Å²) in [6, 6.07) is 7.63. The van der Waals surface area contributed by atoms with E-state index in [1.807, 2.05) is 42.0 Å². The van der Waals surface area contributed by atoms with Crippen molar-refractivity contribution in [3.8, 4) is 11.5 Å². The number of aryl methyl sites for hydroxylation is 1. The molecule has 1 aromatic carbocycles. The van der Waals surface area contributed by atoms with Crippen LogP contribution < -0.4 is 14.8 Å². The second-order valence-corrected chi connectivity index (χ2v) is 5.46. The standard InChI is InChI=1S/C17H21N3O3/c1-2-16-18-9-10-20(16)11-17(21)19-8-7-13-12-22-14-5-3-4-6-15(14)23-13/h3-6,9-10,13H,2,7-8,11-12H2,1H3,(H,19,21)/t13-/m0/s1. The maximum absolute atomic E-state index is 12.0. The fourth-order valence-corrected chi connectivity index (χ4v) is 2.59. The summed E-state index contributed by atoms with van der Waals surface area (Å²) in [6.45, 7) is 3.39. The number of aromatic nitrogens is 2. The molecule has 2 aromatic rings. The Bertz CT molecular complexity index is 669. The van der Waals surface area contributed by atoms with Gasteiger partial charge in [-0.1, -0.05) is 19.1 Å². The van der Waals surface area contributed by atoms with Crippen LogP contribution in [0.2, 0.25) is 0 Å². The van der Waals surface area contributed by atoms with Gasteiger partial charge in [-0.2, -0.15) is 0 Å². The number of ether oxygens (including phenoxy) is 2. The summed E-state index contributed by atoms with van der Waals surface area (Å²) in [5.41, 5.74) is 0. The Balaban J connectivity index is 1.42. The Morgan fingerprint density at radius 1 is 1.39 bits per heavy atom. The quantitative estimate of drug-likeness (QED) is 0.882. The summed E-state index contributed by atoms with van der Waals surface area (Å²) in [6.07, 6.45) is 5.03. The Morgan fingerprint density at radius 3 is 3.04 bits per heavy atom. The monoisotopic (exact) mass is 315 g/mol. The third-order valence-corrected chi connectivity index (χ3v) is 3.79. The molecule has 122 valence electrons. The summed E-state index contributed by atoms with van der Waals surface area (Å²) < 4.78 is 13.4. The lowest BCUT2D eigenvalue weighted by molar-refractivity contribution is -0.121. The van der Waals surface area contributed by atoms with Gasteiger partial charge in [-0.25, -0.2) is 4.98 Å². The molecule has 0 bridgehead atoms. The number of nitrogens with zero attached hydrogens (tertiary/aromatic N) is 2. The number of rotatable bonds is 6. The molecule has 23 heavy (non-hydrogen) atoms. The topological polar surface area (TPSA) is 65.4 Å². The number of fused-ring (bicyclic) bond motifs is 1. The van der Waals surface area contributed by atoms with Gasteiger partial charge in [-0.3, -0.25) is 4.79 Å². The summed E-state index contributed by atoms with van der Waals surface area (Å²) in [5, 5.41) is 2.92. The fourth-order valence-electron chi connectivity index (χ4n) is 2.59. The van der Waals surface area contributed by atoms with Crippen LogP contribution in [0.25, 0.3) is 0 Å². The van der Waals surface area contributed by atoms with Gasteiger partial charge in [0.2, 0.25) is 5.91 Å². The number of benzene rings is 1. The third kappa shape index (κ3) is 3.83. The minimum absolute atomic E-state index is 0.0187. The lowest BCUT2D eigenvalue weighted by Crippen LogP contribution is -2.35. The number of hydrogen-bond donors (Lipinski definition) is 1. The summed E-state index contributed by atoms with van der Waals surface area (Å²) >= 11 is 0. The molecule has 0 fully saturated rings. The van der Waals surface area contributed by atoms with Crippen molar-refractivity contribution in [2.45, 2.75) is 32.4 Å². The van der Waals surface area contributed by atoms with Gasteiger partial charge in [0.15, 0.2) is 11.5 Å². The Labute approximate surface area is 135 Å². The molecule has 0 aliphatic carbocycles. The van der Waals surface area contributed by atoms with Crippen LogP contribution in [0.15, 0.2) is 36.7 Å². The van der Waals surface area contributed by atoms with Crippen LogP contribution in [0.5, 0.6) is 11.5 Å². The predicted octanol–water partition coefficient (Wildman–Crippen LogP) is 1.79. The average molecular weight is 315 g/mol. The van der Waals surface area contributed by atoms with E-state index < -0.39 is 0 Å². The third-order valence-electron chi connectivity index (χ3n) is 3.79.